The van der Waals surface area contributed by atoms with E-state index < -0.39 is 0 Å². The van der Waals surface area contributed by atoms with Crippen LogP contribution in [0.2, 0.25) is 0 Å². The summed E-state index contributed by atoms with van der Waals surface area (Å²) in [6.45, 7) is 17.4. The van der Waals surface area contributed by atoms with E-state index in [1.807, 2.05) is 51.0 Å². The van der Waals surface area contributed by atoms with Crippen LogP contribution in [0.25, 0.3) is 16.5 Å². The predicted octanol–water partition coefficient (Wildman–Crippen LogP) is 5.13. The Hall–Kier alpha value is -3.14. The molecule has 0 saturated carbocycles. The fraction of sp³-hybridized carbons (Fsp3) is 0.385. The van der Waals surface area contributed by atoms with E-state index in [4.69, 9.17) is 14.3 Å². The molecule has 1 heterocycles. The van der Waals surface area contributed by atoms with Crippen LogP contribution in [0.3, 0.4) is 0 Å². The maximum Gasteiger partial charge on any atom is 0.121 e. The molecule has 0 saturated heterocycles. The number of benzene rings is 1. The first kappa shape index (κ1) is 28.9. The normalized spacial score (nSPS) is 10.7. The second kappa shape index (κ2) is 17.5. The molecule has 1 N–H and O–H groups in total. The molecule has 0 fully saturated rings. The van der Waals surface area contributed by atoms with Gasteiger partial charge in [0.05, 0.1) is 23.4 Å². The number of nitrogens with one attached hydrogen (secondary N) is 1. The van der Waals surface area contributed by atoms with Crippen molar-refractivity contribution in [2.75, 3.05) is 33.4 Å². The Labute approximate surface area is 192 Å². The molecule has 1 aromatic carbocycles. The van der Waals surface area contributed by atoms with Gasteiger partial charge in [-0.3, -0.25) is 0 Å². The summed E-state index contributed by atoms with van der Waals surface area (Å²) in [5.41, 5.74) is 3.52. The van der Waals surface area contributed by atoms with Crippen molar-refractivity contribution in [3.63, 3.8) is 0 Å². The molecule has 32 heavy (non-hydrogen) atoms. The minimum Gasteiger partial charge on any atom is -0.491 e. The number of fused-ring (bicyclic) bond motifs is 1. The zero-order valence-corrected chi connectivity index (χ0v) is 20.1. The van der Waals surface area contributed by atoms with Crippen LogP contribution in [0.1, 0.15) is 39.0 Å². The second-order valence-electron chi connectivity index (χ2n) is 6.17. The molecule has 6 heteroatoms. The van der Waals surface area contributed by atoms with Crippen molar-refractivity contribution in [3.8, 4) is 11.8 Å². The van der Waals surface area contributed by atoms with Crippen LogP contribution in [0.5, 0.6) is 5.75 Å². The Balaban J connectivity index is 0.00000227. The van der Waals surface area contributed by atoms with Crippen LogP contribution in [0.15, 0.2) is 49.1 Å². The molecule has 0 aliphatic heterocycles. The zero-order valence-electron chi connectivity index (χ0n) is 20.1. The fourth-order valence-corrected chi connectivity index (χ4v) is 3.16. The van der Waals surface area contributed by atoms with E-state index in [9.17, 15) is 5.26 Å². The van der Waals surface area contributed by atoms with Crippen LogP contribution < -0.4 is 10.1 Å². The summed E-state index contributed by atoms with van der Waals surface area (Å²) < 4.78 is 13.0. The number of nitriles is 1. The molecule has 2 rings (SSSR count). The molecule has 0 unspecified atom stereocenters. The number of methoxy groups -OCH3 is 1. The number of nitrogens with zero attached hydrogens (tertiary/aromatic N) is 2. The van der Waals surface area contributed by atoms with Gasteiger partial charge in [0.15, 0.2) is 0 Å². The van der Waals surface area contributed by atoms with Gasteiger partial charge in [0.2, 0.25) is 0 Å². The number of allylic oxidation sites excluding steroid dienone is 4. The second-order valence-corrected chi connectivity index (χ2v) is 6.17. The smallest absolute Gasteiger partial charge is 0.121 e. The Kier molecular flexibility index (Phi) is 15.8. The lowest BCUT2D eigenvalue weighted by atomic mass is 10.1. The van der Waals surface area contributed by atoms with Crippen LogP contribution in [0.4, 0.5) is 0 Å². The maximum atomic E-state index is 9.89. The van der Waals surface area contributed by atoms with E-state index in [2.05, 4.69) is 42.5 Å². The molecule has 0 atom stereocenters. The van der Waals surface area contributed by atoms with Gasteiger partial charge in [-0.2, -0.15) is 5.26 Å². The van der Waals surface area contributed by atoms with Gasteiger partial charge < -0.3 is 24.2 Å². The van der Waals surface area contributed by atoms with E-state index in [0.29, 0.717) is 18.8 Å². The van der Waals surface area contributed by atoms with E-state index in [1.54, 1.807) is 13.2 Å². The summed E-state index contributed by atoms with van der Waals surface area (Å²) in [5, 5.41) is 14.1. The predicted molar refractivity (Wildman–Crippen MR) is 134 cm³/mol. The van der Waals surface area contributed by atoms with Crippen molar-refractivity contribution in [2.45, 2.75) is 34.2 Å². The Bertz CT molecular complexity index is 921. The molecule has 0 spiro atoms. The quantitative estimate of drug-likeness (QED) is 0.388. The third kappa shape index (κ3) is 7.84. The molecule has 0 aliphatic carbocycles. The summed E-state index contributed by atoms with van der Waals surface area (Å²) in [7, 11) is 1.65. The fourth-order valence-electron chi connectivity index (χ4n) is 3.16. The highest BCUT2D eigenvalue weighted by atomic mass is 16.5. The monoisotopic (exact) mass is 439 g/mol. The summed E-state index contributed by atoms with van der Waals surface area (Å²) in [5.74, 6) is 0.768. The summed E-state index contributed by atoms with van der Waals surface area (Å²) in [4.78, 5) is 8.00. The van der Waals surface area contributed by atoms with Crippen molar-refractivity contribution < 1.29 is 14.3 Å². The molecule has 0 aliphatic rings. The SMILES string of the molecule is C=C/C=C(\C=C/CNCC)c1c(C#N)c2ccc(OCCOC)cc2n1CC.C=O.CC. The number of aryl methyl sites for hydroxylation is 1. The first-order valence-corrected chi connectivity index (χ1v) is 10.9. The van der Waals surface area contributed by atoms with Crippen molar-refractivity contribution in [3.05, 3.63) is 60.3 Å². The lowest BCUT2D eigenvalue weighted by Gasteiger charge is -2.10. The first-order chi connectivity index (χ1) is 15.7. The summed E-state index contributed by atoms with van der Waals surface area (Å²) >= 11 is 0. The molecule has 0 amide bonds. The van der Waals surface area contributed by atoms with Gasteiger partial charge in [0.1, 0.15) is 25.2 Å². The van der Waals surface area contributed by atoms with Crippen LogP contribution in [-0.2, 0) is 16.1 Å². The lowest BCUT2D eigenvalue weighted by Crippen LogP contribution is -2.11. The minimum absolute atomic E-state index is 0.488. The Morgan fingerprint density at radius 1 is 1.25 bits per heavy atom. The van der Waals surface area contributed by atoms with Gasteiger partial charge >= 0.3 is 0 Å². The number of hydrogen-bond donors (Lipinski definition) is 1. The van der Waals surface area contributed by atoms with Gasteiger partial charge in [-0.1, -0.05) is 51.7 Å². The highest BCUT2D eigenvalue weighted by Gasteiger charge is 2.18. The van der Waals surface area contributed by atoms with E-state index in [-0.39, 0.29) is 0 Å². The van der Waals surface area contributed by atoms with Crippen molar-refractivity contribution in [1.82, 2.24) is 9.88 Å². The highest BCUT2D eigenvalue weighted by Crippen LogP contribution is 2.33. The van der Waals surface area contributed by atoms with Gasteiger partial charge in [-0.15, -0.1) is 0 Å². The number of hydrogen-bond acceptors (Lipinski definition) is 5. The largest absolute Gasteiger partial charge is 0.491 e. The van der Waals surface area contributed by atoms with Crippen molar-refractivity contribution in [1.29, 1.82) is 5.26 Å². The topological polar surface area (TPSA) is 76.3 Å². The van der Waals surface area contributed by atoms with E-state index in [0.717, 1.165) is 47.6 Å². The van der Waals surface area contributed by atoms with Gasteiger partial charge in [0.25, 0.3) is 0 Å². The molecule has 0 bridgehead atoms. The number of carbonyl (C=O) groups is 1. The van der Waals surface area contributed by atoms with E-state index >= 15 is 0 Å². The molecule has 6 nitrogen and oxygen atoms in total. The number of ether oxygens (including phenoxy) is 2. The van der Waals surface area contributed by atoms with Crippen molar-refractivity contribution in [2.24, 2.45) is 0 Å². The number of aromatic nitrogens is 1. The Morgan fingerprint density at radius 2 is 1.97 bits per heavy atom. The minimum atomic E-state index is 0.488. The average molecular weight is 440 g/mol. The molecular formula is C26H37N3O3. The number of likely N-dealkylation sites (N-methyl/N-ethyl adjacent to an activating group) is 1. The molecule has 2 aromatic rings. The molecule has 1 aromatic heterocycles. The third-order valence-electron chi connectivity index (χ3n) is 4.40. The lowest BCUT2D eigenvalue weighted by molar-refractivity contribution is -0.0979. The third-order valence-corrected chi connectivity index (χ3v) is 4.40. The molecule has 0 radical (unpaired) electrons. The van der Waals surface area contributed by atoms with Gasteiger partial charge in [0, 0.05) is 31.7 Å². The molecule has 174 valence electrons. The summed E-state index contributed by atoms with van der Waals surface area (Å²) in [6.07, 6.45) is 7.81. The Morgan fingerprint density at radius 3 is 2.53 bits per heavy atom. The van der Waals surface area contributed by atoms with E-state index in [1.165, 1.54) is 0 Å². The van der Waals surface area contributed by atoms with Gasteiger partial charge in [-0.05, 0) is 31.2 Å². The first-order valence-electron chi connectivity index (χ1n) is 10.9. The standard InChI is InChI=1S/C23H29N3O2.C2H6.CH2O/c1-5-9-18(10-8-13-25-6-2)23-21(17-24)20-12-11-19(28-15-14-27-4)16-22(20)26(23)7-3;2*1-2/h5,8-12,16,25H,1,6-7,13-15H2,2-4H3;1-2H3;1H2/b10-8-,18-9+;;. The average Bonchev–Trinajstić information content (AvgIpc) is 3.16. The highest BCUT2D eigenvalue weighted by molar-refractivity contribution is 5.95. The van der Waals surface area contributed by atoms with Gasteiger partial charge in [-0.25, -0.2) is 0 Å². The van der Waals surface area contributed by atoms with Crippen LogP contribution >= 0.6 is 0 Å². The number of carbonyl (C=O) groups excluding carboxylic acids is 1. The molecular weight excluding hydrogens is 402 g/mol. The zero-order chi connectivity index (χ0) is 24.4. The van der Waals surface area contributed by atoms with Crippen LogP contribution in [-0.4, -0.2) is 44.8 Å². The van der Waals surface area contributed by atoms with Crippen molar-refractivity contribution >= 4 is 23.3 Å². The summed E-state index contributed by atoms with van der Waals surface area (Å²) in [6, 6.07) is 8.25. The van der Waals surface area contributed by atoms with Crippen LogP contribution in [0, 0.1) is 11.3 Å². The maximum absolute atomic E-state index is 9.89. The number of rotatable bonds is 11.